The first-order valence-electron chi connectivity index (χ1n) is 8.78. The number of hydrogen-bond acceptors (Lipinski definition) is 5. The number of rotatable bonds is 6. The number of nitrogens with one attached hydrogen (secondary N) is 1. The van der Waals surface area contributed by atoms with Crippen molar-refractivity contribution >= 4 is 17.9 Å². The van der Waals surface area contributed by atoms with Crippen molar-refractivity contribution in [2.75, 3.05) is 31.7 Å². The van der Waals surface area contributed by atoms with E-state index in [9.17, 15) is 9.59 Å². The summed E-state index contributed by atoms with van der Waals surface area (Å²) in [6.45, 7) is 2.19. The number of carbonyl (C=O) groups excluding carboxylic acids is 2. The fourth-order valence-electron chi connectivity index (χ4n) is 3.19. The molecule has 0 aliphatic carbocycles. The molecule has 0 bridgehead atoms. The molecule has 26 heavy (non-hydrogen) atoms. The van der Waals surface area contributed by atoms with Crippen molar-refractivity contribution in [3.63, 3.8) is 0 Å². The largest absolute Gasteiger partial charge is 0.377 e. The number of ether oxygens (including phenoxy) is 1. The molecule has 1 aliphatic heterocycles. The van der Waals surface area contributed by atoms with Crippen LogP contribution >= 0.6 is 0 Å². The number of benzene rings is 1. The summed E-state index contributed by atoms with van der Waals surface area (Å²) < 4.78 is 5.67. The number of anilines is 1. The number of morpholine rings is 1. The van der Waals surface area contributed by atoms with E-state index in [1.165, 1.54) is 0 Å². The molecule has 3 rings (SSSR count). The highest BCUT2D eigenvalue weighted by Gasteiger charge is 2.23. The zero-order chi connectivity index (χ0) is 18.4. The molecule has 1 aromatic carbocycles. The van der Waals surface area contributed by atoms with Gasteiger partial charge in [0.1, 0.15) is 12.0 Å². The molecule has 1 atom stereocenters. The van der Waals surface area contributed by atoms with E-state index in [2.05, 4.69) is 15.2 Å². The molecule has 2 heterocycles. The zero-order valence-electron chi connectivity index (χ0n) is 14.9. The van der Waals surface area contributed by atoms with Crippen LogP contribution in [0, 0.1) is 0 Å². The van der Waals surface area contributed by atoms with Gasteiger partial charge in [-0.1, -0.05) is 0 Å². The Labute approximate surface area is 153 Å². The highest BCUT2D eigenvalue weighted by molar-refractivity contribution is 5.92. The Morgan fingerprint density at radius 1 is 1.35 bits per heavy atom. The molecular weight excluding hydrogens is 330 g/mol. The predicted octanol–water partition coefficient (Wildman–Crippen LogP) is 2.09. The summed E-state index contributed by atoms with van der Waals surface area (Å²) in [6, 6.07) is 11.7. The third-order valence-corrected chi connectivity index (χ3v) is 4.64. The van der Waals surface area contributed by atoms with Crippen LogP contribution in [0.15, 0.2) is 42.6 Å². The molecule has 6 nitrogen and oxygen atoms in total. The lowest BCUT2D eigenvalue weighted by atomic mass is 10.0. The van der Waals surface area contributed by atoms with Gasteiger partial charge in [0.2, 0.25) is 0 Å². The fourth-order valence-corrected chi connectivity index (χ4v) is 3.19. The van der Waals surface area contributed by atoms with Gasteiger partial charge in [0.25, 0.3) is 5.91 Å². The van der Waals surface area contributed by atoms with Crippen molar-refractivity contribution < 1.29 is 14.3 Å². The third kappa shape index (κ3) is 4.26. The zero-order valence-corrected chi connectivity index (χ0v) is 14.9. The number of amides is 1. The van der Waals surface area contributed by atoms with Crippen molar-refractivity contribution in [1.29, 1.82) is 0 Å². The third-order valence-electron chi connectivity index (χ3n) is 4.64. The molecule has 1 N–H and O–H groups in total. The van der Waals surface area contributed by atoms with Crippen LogP contribution in [0.2, 0.25) is 0 Å². The van der Waals surface area contributed by atoms with E-state index in [0.29, 0.717) is 24.5 Å². The Morgan fingerprint density at radius 2 is 2.15 bits per heavy atom. The van der Waals surface area contributed by atoms with E-state index in [0.717, 1.165) is 36.9 Å². The van der Waals surface area contributed by atoms with Gasteiger partial charge in [-0.3, -0.25) is 14.6 Å². The number of aldehydes is 1. The minimum absolute atomic E-state index is 0.176. The average Bonchev–Trinajstić information content (AvgIpc) is 2.72. The van der Waals surface area contributed by atoms with E-state index < -0.39 is 0 Å². The van der Waals surface area contributed by atoms with Gasteiger partial charge in [0.05, 0.1) is 19.3 Å². The normalized spacial score (nSPS) is 17.0. The number of nitrogens with zero attached hydrogens (tertiary/aromatic N) is 2. The Morgan fingerprint density at radius 3 is 2.88 bits per heavy atom. The van der Waals surface area contributed by atoms with Gasteiger partial charge in [-0.15, -0.1) is 0 Å². The van der Waals surface area contributed by atoms with Crippen LogP contribution in [-0.2, 0) is 11.2 Å². The molecule has 1 saturated heterocycles. The van der Waals surface area contributed by atoms with Crippen LogP contribution in [0.4, 0.5) is 5.69 Å². The Kier molecular flexibility index (Phi) is 5.96. The van der Waals surface area contributed by atoms with E-state index in [4.69, 9.17) is 4.74 Å². The van der Waals surface area contributed by atoms with Crippen molar-refractivity contribution in [1.82, 2.24) is 10.3 Å². The molecule has 2 aromatic rings. The van der Waals surface area contributed by atoms with Gasteiger partial charge in [-0.05, 0) is 54.8 Å². The molecule has 0 saturated carbocycles. The Balaban J connectivity index is 1.68. The lowest BCUT2D eigenvalue weighted by Gasteiger charge is -2.37. The number of carbonyl (C=O) groups is 2. The smallest absolute Gasteiger partial charge is 0.269 e. The van der Waals surface area contributed by atoms with Crippen LogP contribution in [0.25, 0.3) is 0 Å². The summed E-state index contributed by atoms with van der Waals surface area (Å²) in [7, 11) is 1.60. The Hall–Kier alpha value is -2.73. The molecule has 0 radical (unpaired) electrons. The summed E-state index contributed by atoms with van der Waals surface area (Å²) >= 11 is 0. The van der Waals surface area contributed by atoms with Crippen molar-refractivity contribution in [2.24, 2.45) is 0 Å². The summed E-state index contributed by atoms with van der Waals surface area (Å²) in [5, 5.41) is 2.60. The van der Waals surface area contributed by atoms with E-state index >= 15 is 0 Å². The second kappa shape index (κ2) is 8.58. The maximum atomic E-state index is 11.7. The van der Waals surface area contributed by atoms with Gasteiger partial charge in [0, 0.05) is 31.0 Å². The molecule has 0 spiro atoms. The molecule has 1 aliphatic rings. The van der Waals surface area contributed by atoms with Gasteiger partial charge >= 0.3 is 0 Å². The van der Waals surface area contributed by atoms with Gasteiger partial charge < -0.3 is 15.0 Å². The fraction of sp³-hybridized carbons (Fsp3) is 0.350. The number of hydrogen-bond donors (Lipinski definition) is 1. The van der Waals surface area contributed by atoms with Crippen LogP contribution in [-0.4, -0.2) is 50.0 Å². The van der Waals surface area contributed by atoms with E-state index in [1.54, 1.807) is 13.2 Å². The molecular formula is C20H23N3O3. The lowest BCUT2D eigenvalue weighted by Crippen LogP contribution is -2.45. The molecule has 1 aromatic heterocycles. The summed E-state index contributed by atoms with van der Waals surface area (Å²) in [4.78, 5) is 29.0. The first kappa shape index (κ1) is 18.1. The van der Waals surface area contributed by atoms with Crippen molar-refractivity contribution in [2.45, 2.75) is 18.9 Å². The molecule has 1 fully saturated rings. The minimum Gasteiger partial charge on any atom is -0.377 e. The molecule has 136 valence electrons. The van der Waals surface area contributed by atoms with Gasteiger partial charge in [-0.2, -0.15) is 0 Å². The van der Waals surface area contributed by atoms with E-state index in [-0.39, 0.29) is 11.9 Å². The summed E-state index contributed by atoms with van der Waals surface area (Å²) in [6.07, 6.45) is 4.28. The number of aryl methyl sites for hydroxylation is 1. The second-order valence-corrected chi connectivity index (χ2v) is 6.30. The SMILES string of the molecule is CNC(=O)c1cc(CCC2COCCN2c2ccc(C=O)cc2)ccn1. The van der Waals surface area contributed by atoms with Crippen LogP contribution < -0.4 is 10.2 Å². The minimum atomic E-state index is -0.176. The van der Waals surface area contributed by atoms with Crippen LogP contribution in [0.1, 0.15) is 32.8 Å². The van der Waals surface area contributed by atoms with Gasteiger partial charge in [0.15, 0.2) is 0 Å². The maximum Gasteiger partial charge on any atom is 0.269 e. The highest BCUT2D eigenvalue weighted by Crippen LogP contribution is 2.23. The quantitative estimate of drug-likeness (QED) is 0.805. The van der Waals surface area contributed by atoms with Crippen LogP contribution in [0.5, 0.6) is 0 Å². The monoisotopic (exact) mass is 353 g/mol. The Bertz CT molecular complexity index is 761. The van der Waals surface area contributed by atoms with Gasteiger partial charge in [-0.25, -0.2) is 0 Å². The first-order valence-corrected chi connectivity index (χ1v) is 8.78. The highest BCUT2D eigenvalue weighted by atomic mass is 16.5. The lowest BCUT2D eigenvalue weighted by molar-refractivity contribution is 0.0916. The average molecular weight is 353 g/mol. The predicted molar refractivity (Wildman–Crippen MR) is 99.7 cm³/mol. The first-order chi connectivity index (χ1) is 12.7. The van der Waals surface area contributed by atoms with Crippen molar-refractivity contribution in [3.05, 3.63) is 59.4 Å². The number of aromatic nitrogens is 1. The standard InChI is InChI=1S/C20H23N3O3/c1-21-20(25)19-12-15(8-9-22-19)2-7-18-14-26-11-10-23(18)17-5-3-16(13-24)4-6-17/h3-6,8-9,12-13,18H,2,7,10-11,14H2,1H3,(H,21,25). The summed E-state index contributed by atoms with van der Waals surface area (Å²) in [5.41, 5.74) is 3.30. The number of pyridine rings is 1. The molecule has 1 amide bonds. The maximum absolute atomic E-state index is 11.7. The molecule has 6 heteroatoms. The van der Waals surface area contributed by atoms with E-state index in [1.807, 2.05) is 36.4 Å². The molecule has 1 unspecified atom stereocenters. The van der Waals surface area contributed by atoms with Crippen LogP contribution in [0.3, 0.4) is 0 Å². The summed E-state index contributed by atoms with van der Waals surface area (Å²) in [5.74, 6) is -0.176. The van der Waals surface area contributed by atoms with Crippen molar-refractivity contribution in [3.8, 4) is 0 Å². The second-order valence-electron chi connectivity index (χ2n) is 6.30. The topological polar surface area (TPSA) is 71.5 Å².